The van der Waals surface area contributed by atoms with Crippen LogP contribution in [0.4, 0.5) is 0 Å². The molecule has 2 unspecified atom stereocenters. The molecule has 84 valence electrons. The van der Waals surface area contributed by atoms with Crippen molar-refractivity contribution in [2.24, 2.45) is 0 Å². The highest BCUT2D eigenvalue weighted by molar-refractivity contribution is 5.25. The quantitative estimate of drug-likeness (QED) is 0.846. The Morgan fingerprint density at radius 2 is 1.81 bits per heavy atom. The van der Waals surface area contributed by atoms with Gasteiger partial charge in [0.2, 0.25) is 0 Å². The average molecular weight is 215 g/mol. The Labute approximate surface area is 96.3 Å². The number of likely N-dealkylation sites (N-methyl/N-ethyl adjacent to an activating group) is 1. The van der Waals surface area contributed by atoms with Gasteiger partial charge in [0.1, 0.15) is 0 Å². The van der Waals surface area contributed by atoms with E-state index in [9.17, 15) is 0 Å². The minimum atomic E-state index is 0.293. The van der Waals surface area contributed by atoms with Crippen molar-refractivity contribution in [3.05, 3.63) is 60.1 Å². The van der Waals surface area contributed by atoms with Crippen molar-refractivity contribution >= 4 is 0 Å². The predicted molar refractivity (Wildman–Crippen MR) is 65.4 cm³/mol. The van der Waals surface area contributed by atoms with Crippen LogP contribution >= 0.6 is 0 Å². The maximum atomic E-state index is 5.14. The number of benzene rings is 1. The molecule has 0 aliphatic heterocycles. The van der Waals surface area contributed by atoms with Crippen LogP contribution in [0, 0.1) is 0 Å². The minimum absolute atomic E-state index is 0.293. The molecular formula is C14H17NO. The molecule has 1 aromatic carbocycles. The van der Waals surface area contributed by atoms with Crippen molar-refractivity contribution in [2.45, 2.75) is 18.9 Å². The highest BCUT2D eigenvalue weighted by Gasteiger charge is 2.19. The fourth-order valence-electron chi connectivity index (χ4n) is 2.11. The van der Waals surface area contributed by atoms with Gasteiger partial charge >= 0.3 is 0 Å². The van der Waals surface area contributed by atoms with Crippen LogP contribution in [0.5, 0.6) is 0 Å². The molecule has 1 heterocycles. The predicted octanol–water partition coefficient (Wildman–Crippen LogP) is 3.34. The summed E-state index contributed by atoms with van der Waals surface area (Å²) < 4.78 is 5.14. The van der Waals surface area contributed by atoms with Gasteiger partial charge in [-0.15, -0.1) is 0 Å². The van der Waals surface area contributed by atoms with Crippen LogP contribution < -0.4 is 5.32 Å². The third kappa shape index (κ3) is 2.17. The summed E-state index contributed by atoms with van der Waals surface area (Å²) >= 11 is 0. The van der Waals surface area contributed by atoms with Crippen molar-refractivity contribution in [3.63, 3.8) is 0 Å². The monoisotopic (exact) mass is 215 g/mol. The summed E-state index contributed by atoms with van der Waals surface area (Å²) in [6.45, 7) is 2.23. The highest BCUT2D eigenvalue weighted by Crippen LogP contribution is 2.30. The van der Waals surface area contributed by atoms with Crippen molar-refractivity contribution < 1.29 is 4.42 Å². The second-order valence-electron chi connectivity index (χ2n) is 4.02. The van der Waals surface area contributed by atoms with Gasteiger partial charge in [-0.2, -0.15) is 0 Å². The van der Waals surface area contributed by atoms with Gasteiger partial charge in [0.05, 0.1) is 12.5 Å². The van der Waals surface area contributed by atoms with E-state index >= 15 is 0 Å². The number of hydrogen-bond donors (Lipinski definition) is 1. The van der Waals surface area contributed by atoms with E-state index in [-0.39, 0.29) is 0 Å². The van der Waals surface area contributed by atoms with Crippen molar-refractivity contribution in [1.29, 1.82) is 0 Å². The van der Waals surface area contributed by atoms with E-state index in [1.807, 2.05) is 19.2 Å². The fraction of sp³-hybridized carbons (Fsp3) is 0.286. The van der Waals surface area contributed by atoms with Crippen LogP contribution in [-0.2, 0) is 0 Å². The summed E-state index contributed by atoms with van der Waals surface area (Å²) in [7, 11) is 1.98. The van der Waals surface area contributed by atoms with Crippen molar-refractivity contribution in [2.75, 3.05) is 7.05 Å². The molecule has 2 heteroatoms. The smallest absolute Gasteiger partial charge is 0.0950 e. The Kier molecular flexibility index (Phi) is 3.42. The van der Waals surface area contributed by atoms with Gasteiger partial charge in [-0.25, -0.2) is 0 Å². The first-order valence-electron chi connectivity index (χ1n) is 5.57. The van der Waals surface area contributed by atoms with Crippen LogP contribution in [0.1, 0.15) is 30.0 Å². The van der Waals surface area contributed by atoms with Crippen molar-refractivity contribution in [1.82, 2.24) is 5.32 Å². The van der Waals surface area contributed by atoms with Crippen LogP contribution in [0.2, 0.25) is 0 Å². The molecule has 1 N–H and O–H groups in total. The third-order valence-electron chi connectivity index (χ3n) is 3.04. The third-order valence-corrected chi connectivity index (χ3v) is 3.04. The largest absolute Gasteiger partial charge is 0.472 e. The molecule has 2 atom stereocenters. The van der Waals surface area contributed by atoms with Crippen LogP contribution in [0.3, 0.4) is 0 Å². The molecule has 0 fully saturated rings. The summed E-state index contributed by atoms with van der Waals surface area (Å²) in [5.74, 6) is 0.420. The Balaban J connectivity index is 2.23. The van der Waals surface area contributed by atoms with Crippen LogP contribution in [0.15, 0.2) is 53.3 Å². The van der Waals surface area contributed by atoms with Gasteiger partial charge in [0, 0.05) is 17.5 Å². The standard InChI is InChI=1S/C14H17NO/c1-11(12-6-4-3-5-7-12)14(15-2)13-8-9-16-10-13/h3-11,14-15H,1-2H3. The molecule has 0 radical (unpaired) electrons. The second kappa shape index (κ2) is 4.99. The van der Waals surface area contributed by atoms with Gasteiger partial charge in [0.15, 0.2) is 0 Å². The summed E-state index contributed by atoms with van der Waals surface area (Å²) in [6.07, 6.45) is 3.53. The number of nitrogens with one attached hydrogen (secondary N) is 1. The molecule has 2 rings (SSSR count). The number of hydrogen-bond acceptors (Lipinski definition) is 2. The molecule has 2 aromatic rings. The lowest BCUT2D eigenvalue weighted by atomic mass is 9.90. The maximum absolute atomic E-state index is 5.14. The first-order chi connectivity index (χ1) is 7.83. The van der Waals surface area contributed by atoms with Crippen LogP contribution in [-0.4, -0.2) is 7.05 Å². The second-order valence-corrected chi connectivity index (χ2v) is 4.02. The first kappa shape index (κ1) is 11.0. The van der Waals surface area contributed by atoms with E-state index in [1.54, 1.807) is 12.5 Å². The molecule has 0 spiro atoms. The van der Waals surface area contributed by atoms with Crippen LogP contribution in [0.25, 0.3) is 0 Å². The molecule has 1 aromatic heterocycles. The Bertz CT molecular complexity index is 408. The SMILES string of the molecule is CNC(c1ccoc1)C(C)c1ccccc1. The van der Waals surface area contributed by atoms with E-state index in [2.05, 4.69) is 36.5 Å². The lowest BCUT2D eigenvalue weighted by molar-refractivity contribution is 0.494. The molecule has 0 aliphatic carbocycles. The van der Waals surface area contributed by atoms with Gasteiger partial charge in [-0.1, -0.05) is 37.3 Å². The zero-order valence-corrected chi connectivity index (χ0v) is 9.68. The zero-order valence-electron chi connectivity index (χ0n) is 9.68. The number of furan rings is 1. The summed E-state index contributed by atoms with van der Waals surface area (Å²) in [4.78, 5) is 0. The fourth-order valence-corrected chi connectivity index (χ4v) is 2.11. The number of rotatable bonds is 4. The van der Waals surface area contributed by atoms with E-state index < -0.39 is 0 Å². The van der Waals surface area contributed by atoms with E-state index in [4.69, 9.17) is 4.42 Å². The van der Waals surface area contributed by atoms with Gasteiger partial charge in [0.25, 0.3) is 0 Å². The lowest BCUT2D eigenvalue weighted by Crippen LogP contribution is -2.21. The highest BCUT2D eigenvalue weighted by atomic mass is 16.3. The molecule has 0 bridgehead atoms. The molecular weight excluding hydrogens is 198 g/mol. The Morgan fingerprint density at radius 3 is 2.38 bits per heavy atom. The normalized spacial score (nSPS) is 14.6. The summed E-state index contributed by atoms with van der Waals surface area (Å²) in [5.41, 5.74) is 2.53. The van der Waals surface area contributed by atoms with Gasteiger partial charge in [-0.05, 0) is 18.7 Å². The zero-order chi connectivity index (χ0) is 11.4. The average Bonchev–Trinajstić information content (AvgIpc) is 2.85. The maximum Gasteiger partial charge on any atom is 0.0950 e. The Hall–Kier alpha value is -1.54. The van der Waals surface area contributed by atoms with Gasteiger partial charge < -0.3 is 9.73 Å². The van der Waals surface area contributed by atoms with E-state index in [0.717, 1.165) is 0 Å². The molecule has 16 heavy (non-hydrogen) atoms. The van der Waals surface area contributed by atoms with E-state index in [1.165, 1.54) is 11.1 Å². The first-order valence-corrected chi connectivity index (χ1v) is 5.57. The summed E-state index contributed by atoms with van der Waals surface area (Å²) in [5, 5.41) is 3.34. The minimum Gasteiger partial charge on any atom is -0.472 e. The molecule has 0 saturated carbocycles. The van der Waals surface area contributed by atoms with E-state index in [0.29, 0.717) is 12.0 Å². The molecule has 0 aliphatic rings. The van der Waals surface area contributed by atoms with Gasteiger partial charge in [-0.3, -0.25) is 0 Å². The summed E-state index contributed by atoms with van der Waals surface area (Å²) in [6, 6.07) is 12.8. The topological polar surface area (TPSA) is 25.2 Å². The molecule has 2 nitrogen and oxygen atoms in total. The molecule has 0 saturated heterocycles. The molecule has 0 amide bonds. The van der Waals surface area contributed by atoms with Crippen molar-refractivity contribution in [3.8, 4) is 0 Å². The lowest BCUT2D eigenvalue weighted by Gasteiger charge is -2.22. The Morgan fingerprint density at radius 1 is 1.06 bits per heavy atom.